The number of nitrogens with zero attached hydrogens (tertiary/aromatic N) is 3. The van der Waals surface area contributed by atoms with E-state index in [2.05, 4.69) is 15.5 Å². The molecular formula is C27H27ClN4O2S. The molecule has 4 aromatic rings. The molecule has 3 aromatic carbocycles. The molecule has 0 spiro atoms. The molecule has 35 heavy (non-hydrogen) atoms. The molecule has 180 valence electrons. The van der Waals surface area contributed by atoms with Crippen LogP contribution in [0.25, 0.3) is 5.69 Å². The Hall–Kier alpha value is -3.29. The van der Waals surface area contributed by atoms with E-state index in [1.807, 2.05) is 92.9 Å². The monoisotopic (exact) mass is 506 g/mol. The van der Waals surface area contributed by atoms with Crippen molar-refractivity contribution in [3.05, 3.63) is 93.8 Å². The van der Waals surface area contributed by atoms with Gasteiger partial charge in [-0.05, 0) is 69.2 Å². The number of thioether (sulfide) groups is 1. The van der Waals surface area contributed by atoms with E-state index < -0.39 is 0 Å². The maximum Gasteiger partial charge on any atom is 0.234 e. The molecule has 0 aliphatic heterocycles. The van der Waals surface area contributed by atoms with Crippen LogP contribution in [0.4, 0.5) is 5.69 Å². The average Bonchev–Trinajstić information content (AvgIpc) is 3.23. The van der Waals surface area contributed by atoms with Gasteiger partial charge in [0, 0.05) is 5.69 Å². The van der Waals surface area contributed by atoms with Crippen LogP contribution in [-0.4, -0.2) is 26.4 Å². The first-order valence-corrected chi connectivity index (χ1v) is 12.6. The number of benzene rings is 3. The normalized spacial score (nSPS) is 10.9. The maximum absolute atomic E-state index is 12.7. The Balaban J connectivity index is 1.52. The van der Waals surface area contributed by atoms with Crippen LogP contribution in [0.2, 0.25) is 5.02 Å². The highest BCUT2D eigenvalue weighted by molar-refractivity contribution is 7.99. The summed E-state index contributed by atoms with van der Waals surface area (Å²) in [6.45, 7) is 8.21. The van der Waals surface area contributed by atoms with Crippen LogP contribution < -0.4 is 10.1 Å². The Morgan fingerprint density at radius 3 is 2.26 bits per heavy atom. The minimum Gasteiger partial charge on any atom is -0.486 e. The fraction of sp³-hybridized carbons (Fsp3) is 0.222. The predicted octanol–water partition coefficient (Wildman–Crippen LogP) is 6.46. The zero-order valence-electron chi connectivity index (χ0n) is 20.1. The number of carbonyl (C=O) groups is 1. The van der Waals surface area contributed by atoms with E-state index in [9.17, 15) is 4.79 Å². The lowest BCUT2D eigenvalue weighted by molar-refractivity contribution is -0.113. The highest BCUT2D eigenvalue weighted by Crippen LogP contribution is 2.28. The number of aromatic nitrogens is 3. The third-order valence-electron chi connectivity index (χ3n) is 5.41. The average molecular weight is 507 g/mol. The fourth-order valence-electron chi connectivity index (χ4n) is 3.60. The third-order valence-corrected chi connectivity index (χ3v) is 6.64. The van der Waals surface area contributed by atoms with Crippen molar-refractivity contribution in [1.82, 2.24) is 14.8 Å². The molecule has 1 N–H and O–H groups in total. The van der Waals surface area contributed by atoms with Crippen LogP contribution in [0.3, 0.4) is 0 Å². The Morgan fingerprint density at radius 2 is 1.60 bits per heavy atom. The number of anilines is 1. The zero-order chi connectivity index (χ0) is 24.9. The van der Waals surface area contributed by atoms with Crippen LogP contribution in [0.1, 0.15) is 28.1 Å². The van der Waals surface area contributed by atoms with Crippen molar-refractivity contribution < 1.29 is 9.53 Å². The topological polar surface area (TPSA) is 69.0 Å². The molecule has 0 atom stereocenters. The largest absolute Gasteiger partial charge is 0.486 e. The molecule has 8 heteroatoms. The lowest BCUT2D eigenvalue weighted by Crippen LogP contribution is -2.16. The highest BCUT2D eigenvalue weighted by atomic mass is 35.5. The molecule has 0 saturated heterocycles. The Labute approximate surface area is 214 Å². The Morgan fingerprint density at radius 1 is 0.943 bits per heavy atom. The fourth-order valence-corrected chi connectivity index (χ4v) is 4.74. The third kappa shape index (κ3) is 6.24. The number of aryl methyl sites for hydroxylation is 4. The summed E-state index contributed by atoms with van der Waals surface area (Å²) >= 11 is 7.66. The number of ether oxygens (including phenoxy) is 1. The number of hydrogen-bond acceptors (Lipinski definition) is 5. The zero-order valence-corrected chi connectivity index (χ0v) is 21.7. The maximum atomic E-state index is 12.7. The number of hydrogen-bond donors (Lipinski definition) is 1. The van der Waals surface area contributed by atoms with Gasteiger partial charge in [0.15, 0.2) is 11.0 Å². The molecule has 4 rings (SSSR count). The first kappa shape index (κ1) is 24.8. The van der Waals surface area contributed by atoms with Crippen LogP contribution >= 0.6 is 23.4 Å². The van der Waals surface area contributed by atoms with Crippen LogP contribution in [0.15, 0.2) is 65.8 Å². The predicted molar refractivity (Wildman–Crippen MR) is 142 cm³/mol. The quantitative estimate of drug-likeness (QED) is 0.277. The second-order valence-electron chi connectivity index (χ2n) is 8.45. The molecule has 0 fully saturated rings. The van der Waals surface area contributed by atoms with Crippen molar-refractivity contribution in [3.8, 4) is 11.4 Å². The van der Waals surface area contributed by atoms with Gasteiger partial charge in [0.25, 0.3) is 0 Å². The standard InChI is InChI=1S/C27H27ClN4O2S/c1-17-5-9-21(10-6-17)32-24(15-34-22-11-7-18(2)8-12-22)30-31-27(32)35-16-25(33)29-26-20(4)13-19(3)14-23(26)28/h5-14H,15-16H2,1-4H3,(H,29,33). The summed E-state index contributed by atoms with van der Waals surface area (Å²) in [4.78, 5) is 12.7. The van der Waals surface area contributed by atoms with E-state index in [-0.39, 0.29) is 18.3 Å². The minimum absolute atomic E-state index is 0.159. The van der Waals surface area contributed by atoms with Gasteiger partial charge in [0.1, 0.15) is 12.4 Å². The van der Waals surface area contributed by atoms with Crippen molar-refractivity contribution in [3.63, 3.8) is 0 Å². The molecule has 1 aromatic heterocycles. The van der Waals surface area contributed by atoms with Crippen molar-refractivity contribution in [1.29, 1.82) is 0 Å². The second kappa shape index (κ2) is 11.0. The molecular weight excluding hydrogens is 480 g/mol. The van der Waals surface area contributed by atoms with E-state index in [0.29, 0.717) is 21.7 Å². The van der Waals surface area contributed by atoms with Crippen LogP contribution in [-0.2, 0) is 11.4 Å². The lowest BCUT2D eigenvalue weighted by Gasteiger charge is -2.13. The van der Waals surface area contributed by atoms with Gasteiger partial charge in [-0.25, -0.2) is 0 Å². The van der Waals surface area contributed by atoms with Crippen molar-refractivity contribution >= 4 is 35.0 Å². The lowest BCUT2D eigenvalue weighted by atomic mass is 10.1. The molecule has 0 radical (unpaired) electrons. The van der Waals surface area contributed by atoms with Gasteiger partial charge in [-0.3, -0.25) is 9.36 Å². The second-order valence-corrected chi connectivity index (χ2v) is 9.80. The molecule has 0 unspecified atom stereocenters. The summed E-state index contributed by atoms with van der Waals surface area (Å²) in [5.41, 5.74) is 5.83. The molecule has 1 heterocycles. The van der Waals surface area contributed by atoms with Crippen molar-refractivity contribution in [2.24, 2.45) is 0 Å². The summed E-state index contributed by atoms with van der Waals surface area (Å²) in [5.74, 6) is 1.40. The van der Waals surface area contributed by atoms with E-state index in [1.165, 1.54) is 17.3 Å². The van der Waals surface area contributed by atoms with Gasteiger partial charge in [-0.1, -0.05) is 64.8 Å². The highest BCUT2D eigenvalue weighted by Gasteiger charge is 2.17. The Kier molecular flexibility index (Phi) is 7.78. The molecule has 6 nitrogen and oxygen atoms in total. The van der Waals surface area contributed by atoms with Gasteiger partial charge in [-0.15, -0.1) is 10.2 Å². The van der Waals surface area contributed by atoms with Crippen LogP contribution in [0, 0.1) is 27.7 Å². The van der Waals surface area contributed by atoms with Gasteiger partial charge in [-0.2, -0.15) is 0 Å². The summed E-state index contributed by atoms with van der Waals surface area (Å²) < 4.78 is 7.89. The number of carbonyl (C=O) groups excluding carboxylic acids is 1. The van der Waals surface area contributed by atoms with E-state index in [1.54, 1.807) is 0 Å². The Bertz CT molecular complexity index is 1310. The molecule has 0 saturated carbocycles. The van der Waals surface area contributed by atoms with Gasteiger partial charge < -0.3 is 10.1 Å². The first-order valence-electron chi connectivity index (χ1n) is 11.2. The summed E-state index contributed by atoms with van der Waals surface area (Å²) in [6.07, 6.45) is 0. The van der Waals surface area contributed by atoms with Crippen LogP contribution in [0.5, 0.6) is 5.75 Å². The number of amides is 1. The van der Waals surface area contributed by atoms with E-state index in [4.69, 9.17) is 16.3 Å². The molecule has 1 amide bonds. The number of halogens is 1. The summed E-state index contributed by atoms with van der Waals surface area (Å²) in [7, 11) is 0. The molecule has 0 aliphatic carbocycles. The molecule has 0 bridgehead atoms. The van der Waals surface area contributed by atoms with E-state index >= 15 is 0 Å². The van der Waals surface area contributed by atoms with Gasteiger partial charge >= 0.3 is 0 Å². The number of rotatable bonds is 8. The smallest absolute Gasteiger partial charge is 0.234 e. The first-order chi connectivity index (χ1) is 16.8. The van der Waals surface area contributed by atoms with Gasteiger partial charge in [0.05, 0.1) is 16.5 Å². The minimum atomic E-state index is -0.167. The molecule has 0 aliphatic rings. The van der Waals surface area contributed by atoms with Gasteiger partial charge in [0.2, 0.25) is 5.91 Å². The SMILES string of the molecule is Cc1ccc(OCc2nnc(SCC(=O)Nc3c(C)cc(C)cc3Cl)n2-c2ccc(C)cc2)cc1. The summed E-state index contributed by atoms with van der Waals surface area (Å²) in [6, 6.07) is 19.8. The number of nitrogens with one attached hydrogen (secondary N) is 1. The van der Waals surface area contributed by atoms with Crippen molar-refractivity contribution in [2.45, 2.75) is 39.5 Å². The van der Waals surface area contributed by atoms with E-state index in [0.717, 1.165) is 28.1 Å². The summed E-state index contributed by atoms with van der Waals surface area (Å²) in [5, 5.41) is 12.8. The van der Waals surface area contributed by atoms with Crippen molar-refractivity contribution in [2.75, 3.05) is 11.1 Å².